The van der Waals surface area contributed by atoms with Crippen LogP contribution < -0.4 is 0 Å². The average Bonchev–Trinajstić information content (AvgIpc) is 3.43. The van der Waals surface area contributed by atoms with E-state index in [-0.39, 0.29) is 30.7 Å². The van der Waals surface area contributed by atoms with Crippen LogP contribution in [0.1, 0.15) is 23.2 Å². The smallest absolute Gasteiger partial charge is 0.236 e. The van der Waals surface area contributed by atoms with Crippen LogP contribution in [0.15, 0.2) is 40.0 Å². The van der Waals surface area contributed by atoms with E-state index in [9.17, 15) is 13.2 Å². The first kappa shape index (κ1) is 18.0. The number of sulfone groups is 1. The van der Waals surface area contributed by atoms with E-state index in [1.165, 1.54) is 0 Å². The SMILES string of the molecule is Cc1noc(CC(=O)N2C[C@@H]3c4cc(-c5cnn(C)c5)ccc4S(=O)(=O)[C@H]3C2)n1. The molecule has 150 valence electrons. The van der Waals surface area contributed by atoms with Crippen molar-refractivity contribution in [3.63, 3.8) is 0 Å². The fourth-order valence-electron chi connectivity index (χ4n) is 4.25. The van der Waals surface area contributed by atoms with Crippen molar-refractivity contribution >= 4 is 15.7 Å². The maximum atomic E-state index is 13.1. The molecule has 2 atom stereocenters. The van der Waals surface area contributed by atoms with Gasteiger partial charge in [-0.1, -0.05) is 11.2 Å². The summed E-state index contributed by atoms with van der Waals surface area (Å²) in [5, 5.41) is 7.26. The molecule has 0 spiro atoms. The van der Waals surface area contributed by atoms with E-state index in [1.807, 2.05) is 25.4 Å². The summed E-state index contributed by atoms with van der Waals surface area (Å²) in [6, 6.07) is 5.41. The molecule has 0 unspecified atom stereocenters. The quantitative estimate of drug-likeness (QED) is 0.632. The Labute approximate surface area is 167 Å². The number of carbonyl (C=O) groups is 1. The Hall–Kier alpha value is -3.01. The third-order valence-electron chi connectivity index (χ3n) is 5.64. The van der Waals surface area contributed by atoms with Crippen LogP contribution in [0.4, 0.5) is 0 Å². The van der Waals surface area contributed by atoms with Gasteiger partial charge in [-0.2, -0.15) is 10.1 Å². The van der Waals surface area contributed by atoms with E-state index in [1.54, 1.807) is 28.8 Å². The molecule has 9 nitrogen and oxygen atoms in total. The third kappa shape index (κ3) is 2.86. The van der Waals surface area contributed by atoms with Crippen molar-refractivity contribution in [2.24, 2.45) is 7.05 Å². The van der Waals surface area contributed by atoms with Crippen molar-refractivity contribution in [3.8, 4) is 11.1 Å². The molecule has 0 aliphatic carbocycles. The Morgan fingerprint density at radius 3 is 2.79 bits per heavy atom. The van der Waals surface area contributed by atoms with E-state index < -0.39 is 15.1 Å². The van der Waals surface area contributed by atoms with Gasteiger partial charge in [-0.05, 0) is 30.2 Å². The number of carbonyl (C=O) groups excluding carboxylic acids is 1. The Balaban J connectivity index is 1.44. The summed E-state index contributed by atoms with van der Waals surface area (Å²) >= 11 is 0. The fraction of sp³-hybridized carbons (Fsp3) is 0.368. The normalized spacial score (nSPS) is 21.9. The molecule has 2 aromatic heterocycles. The number of nitrogens with zero attached hydrogens (tertiary/aromatic N) is 5. The van der Waals surface area contributed by atoms with Crippen molar-refractivity contribution in [3.05, 3.63) is 47.9 Å². The summed E-state index contributed by atoms with van der Waals surface area (Å²) in [5.41, 5.74) is 2.62. The van der Waals surface area contributed by atoms with E-state index in [0.717, 1.165) is 16.7 Å². The fourth-order valence-corrected chi connectivity index (χ4v) is 6.42. The average molecular weight is 413 g/mol. The topological polar surface area (TPSA) is 111 Å². The van der Waals surface area contributed by atoms with Gasteiger partial charge in [0.15, 0.2) is 15.7 Å². The molecule has 0 bridgehead atoms. The first-order valence-corrected chi connectivity index (χ1v) is 10.8. The molecule has 1 saturated heterocycles. The lowest BCUT2D eigenvalue weighted by Gasteiger charge is -2.17. The summed E-state index contributed by atoms with van der Waals surface area (Å²) in [6.45, 7) is 2.22. The van der Waals surface area contributed by atoms with Gasteiger partial charge in [-0.3, -0.25) is 9.48 Å². The predicted octanol–water partition coefficient (Wildman–Crippen LogP) is 1.10. The van der Waals surface area contributed by atoms with Gasteiger partial charge >= 0.3 is 0 Å². The second-order valence-electron chi connectivity index (χ2n) is 7.56. The highest BCUT2D eigenvalue weighted by atomic mass is 32.2. The number of aryl methyl sites for hydroxylation is 2. The molecule has 1 aromatic carbocycles. The first-order chi connectivity index (χ1) is 13.8. The van der Waals surface area contributed by atoms with E-state index in [2.05, 4.69) is 15.2 Å². The van der Waals surface area contributed by atoms with Crippen LogP contribution in [0.3, 0.4) is 0 Å². The highest BCUT2D eigenvalue weighted by molar-refractivity contribution is 7.92. The molecule has 1 fully saturated rings. The zero-order valence-corrected chi connectivity index (χ0v) is 16.8. The van der Waals surface area contributed by atoms with Gasteiger partial charge in [0.1, 0.15) is 6.42 Å². The van der Waals surface area contributed by atoms with E-state index >= 15 is 0 Å². The number of hydrogen-bond donors (Lipinski definition) is 0. The largest absolute Gasteiger partial charge is 0.340 e. The standard InChI is InChI=1S/C19H19N5O4S/c1-11-21-18(28-22-11)6-19(25)24-9-15-14-5-12(13-7-20-23(2)8-13)3-4-16(14)29(26,27)17(15)10-24/h3-5,7-8,15,17H,6,9-10H2,1-2H3/t15-,17+/m1/s1. The number of aromatic nitrogens is 4. The molecular formula is C19H19N5O4S. The number of likely N-dealkylation sites (tertiary alicyclic amines) is 1. The summed E-state index contributed by atoms with van der Waals surface area (Å²) in [4.78, 5) is 18.7. The van der Waals surface area contributed by atoms with Gasteiger partial charge in [0.25, 0.3) is 0 Å². The molecule has 29 heavy (non-hydrogen) atoms. The van der Waals surface area contributed by atoms with Crippen LogP contribution in [0.2, 0.25) is 0 Å². The molecule has 1 amide bonds. The Kier molecular flexibility index (Phi) is 3.89. The molecule has 0 radical (unpaired) electrons. The predicted molar refractivity (Wildman–Crippen MR) is 102 cm³/mol. The van der Waals surface area contributed by atoms with Crippen LogP contribution in [0.25, 0.3) is 11.1 Å². The highest BCUT2D eigenvalue weighted by Crippen LogP contribution is 2.46. The van der Waals surface area contributed by atoms with Crippen LogP contribution in [-0.4, -0.2) is 57.5 Å². The number of hydrogen-bond acceptors (Lipinski definition) is 7. The van der Waals surface area contributed by atoms with Gasteiger partial charge < -0.3 is 9.42 Å². The molecule has 4 heterocycles. The van der Waals surface area contributed by atoms with Gasteiger partial charge in [-0.25, -0.2) is 8.42 Å². The van der Waals surface area contributed by atoms with E-state index in [4.69, 9.17) is 4.52 Å². The second kappa shape index (κ2) is 6.24. The van der Waals surface area contributed by atoms with Gasteiger partial charge in [0, 0.05) is 37.8 Å². The molecule has 2 aliphatic rings. The lowest BCUT2D eigenvalue weighted by atomic mass is 9.95. The summed E-state index contributed by atoms with van der Waals surface area (Å²) in [5.74, 6) is 0.264. The summed E-state index contributed by atoms with van der Waals surface area (Å²) in [6.07, 6.45) is 3.61. The van der Waals surface area contributed by atoms with Gasteiger partial charge in [0.05, 0.1) is 16.3 Å². The van der Waals surface area contributed by atoms with Gasteiger partial charge in [0.2, 0.25) is 11.8 Å². The molecule has 3 aromatic rings. The minimum Gasteiger partial charge on any atom is -0.340 e. The van der Waals surface area contributed by atoms with Crippen LogP contribution in [0.5, 0.6) is 0 Å². The Bertz CT molecular complexity index is 1230. The third-order valence-corrected chi connectivity index (χ3v) is 7.90. The number of rotatable bonds is 3. The monoisotopic (exact) mass is 413 g/mol. The molecule has 0 N–H and O–H groups in total. The van der Waals surface area contributed by atoms with Crippen molar-refractivity contribution in [1.82, 2.24) is 24.8 Å². The summed E-state index contributed by atoms with van der Waals surface area (Å²) in [7, 11) is -1.64. The van der Waals surface area contributed by atoms with Crippen LogP contribution in [-0.2, 0) is 28.1 Å². The Morgan fingerprint density at radius 2 is 2.10 bits per heavy atom. The van der Waals surface area contributed by atoms with E-state index in [0.29, 0.717) is 17.3 Å². The summed E-state index contributed by atoms with van der Waals surface area (Å²) < 4.78 is 32.8. The number of benzene rings is 1. The molecule has 5 rings (SSSR count). The molecule has 10 heteroatoms. The molecule has 0 saturated carbocycles. The maximum Gasteiger partial charge on any atom is 0.236 e. The van der Waals surface area contributed by atoms with Gasteiger partial charge in [-0.15, -0.1) is 0 Å². The zero-order valence-electron chi connectivity index (χ0n) is 15.9. The highest BCUT2D eigenvalue weighted by Gasteiger charge is 2.51. The molecule has 2 aliphatic heterocycles. The van der Waals surface area contributed by atoms with Crippen LogP contribution in [0, 0.1) is 6.92 Å². The maximum absolute atomic E-state index is 13.1. The lowest BCUT2D eigenvalue weighted by Crippen LogP contribution is -2.32. The van der Waals surface area contributed by atoms with Crippen LogP contribution >= 0.6 is 0 Å². The van der Waals surface area contributed by atoms with Crippen molar-refractivity contribution < 1.29 is 17.7 Å². The van der Waals surface area contributed by atoms with Crippen molar-refractivity contribution in [1.29, 1.82) is 0 Å². The minimum atomic E-state index is -3.48. The minimum absolute atomic E-state index is 0.0249. The number of fused-ring (bicyclic) bond motifs is 3. The number of amides is 1. The zero-order chi connectivity index (χ0) is 20.3. The molecular weight excluding hydrogens is 394 g/mol. The van der Waals surface area contributed by atoms with Crippen molar-refractivity contribution in [2.45, 2.75) is 29.4 Å². The second-order valence-corrected chi connectivity index (χ2v) is 9.69. The first-order valence-electron chi connectivity index (χ1n) is 9.27. The van der Waals surface area contributed by atoms with Crippen molar-refractivity contribution in [2.75, 3.05) is 13.1 Å². The Morgan fingerprint density at radius 1 is 1.28 bits per heavy atom. The lowest BCUT2D eigenvalue weighted by molar-refractivity contribution is -0.129.